The highest BCUT2D eigenvalue weighted by atomic mass is 32.2. The third kappa shape index (κ3) is 7.63. The molecule has 120 valence electrons. The van der Waals surface area contributed by atoms with Crippen molar-refractivity contribution in [2.24, 2.45) is 0 Å². The molecule has 0 bridgehead atoms. The molecule has 0 saturated heterocycles. The molecule has 8 heteroatoms. The number of anilines is 1. The van der Waals surface area contributed by atoms with Crippen molar-refractivity contribution in [2.45, 2.75) is 43.2 Å². The lowest BCUT2D eigenvalue weighted by atomic mass is 10.4. The van der Waals surface area contributed by atoms with E-state index in [-0.39, 0.29) is 11.2 Å². The second-order valence-electron chi connectivity index (χ2n) is 4.40. The Kier molecular flexibility index (Phi) is 9.36. The summed E-state index contributed by atoms with van der Waals surface area (Å²) in [5.74, 6) is 0.0229. The molecule has 1 atom stereocenters. The fourth-order valence-electron chi connectivity index (χ4n) is 1.44. The Morgan fingerprint density at radius 2 is 2.19 bits per heavy atom. The Labute approximate surface area is 134 Å². The van der Waals surface area contributed by atoms with Gasteiger partial charge < -0.3 is 15.4 Å². The van der Waals surface area contributed by atoms with Gasteiger partial charge in [0.05, 0.1) is 5.25 Å². The van der Waals surface area contributed by atoms with E-state index in [2.05, 4.69) is 27.8 Å². The highest BCUT2D eigenvalue weighted by Gasteiger charge is 2.16. The summed E-state index contributed by atoms with van der Waals surface area (Å²) in [5.41, 5.74) is 0. The largest absolute Gasteiger partial charge is 0.382 e. The van der Waals surface area contributed by atoms with Crippen LogP contribution in [0.4, 0.5) is 5.13 Å². The van der Waals surface area contributed by atoms with Crippen LogP contribution in [0.25, 0.3) is 0 Å². The highest BCUT2D eigenvalue weighted by Crippen LogP contribution is 2.28. The Morgan fingerprint density at radius 1 is 1.38 bits per heavy atom. The van der Waals surface area contributed by atoms with Crippen LogP contribution in [0.2, 0.25) is 0 Å². The van der Waals surface area contributed by atoms with E-state index in [1.54, 1.807) is 0 Å². The van der Waals surface area contributed by atoms with Gasteiger partial charge in [0.25, 0.3) is 0 Å². The molecule has 0 spiro atoms. The molecule has 0 aromatic carbocycles. The molecular weight excluding hydrogens is 308 g/mol. The Morgan fingerprint density at radius 3 is 2.90 bits per heavy atom. The van der Waals surface area contributed by atoms with Gasteiger partial charge in [-0.05, 0) is 26.7 Å². The molecule has 0 saturated carbocycles. The van der Waals surface area contributed by atoms with Crippen molar-refractivity contribution in [1.29, 1.82) is 0 Å². The lowest BCUT2D eigenvalue weighted by molar-refractivity contribution is -0.120. The first-order valence-electron chi connectivity index (χ1n) is 7.26. The molecular formula is C13H24N4O2S2. The van der Waals surface area contributed by atoms with Crippen molar-refractivity contribution in [3.63, 3.8) is 0 Å². The van der Waals surface area contributed by atoms with E-state index in [1.807, 2.05) is 13.8 Å². The van der Waals surface area contributed by atoms with Gasteiger partial charge in [-0.15, -0.1) is 10.2 Å². The average Bonchev–Trinajstić information content (AvgIpc) is 2.92. The van der Waals surface area contributed by atoms with Gasteiger partial charge in [0.1, 0.15) is 0 Å². The van der Waals surface area contributed by atoms with Crippen molar-refractivity contribution < 1.29 is 9.53 Å². The van der Waals surface area contributed by atoms with Crippen LogP contribution in [0.3, 0.4) is 0 Å². The van der Waals surface area contributed by atoms with Gasteiger partial charge >= 0.3 is 0 Å². The summed E-state index contributed by atoms with van der Waals surface area (Å²) in [6, 6.07) is 0. The molecule has 6 nitrogen and oxygen atoms in total. The summed E-state index contributed by atoms with van der Waals surface area (Å²) in [6.07, 6.45) is 1.88. The van der Waals surface area contributed by atoms with Gasteiger partial charge in [-0.1, -0.05) is 30.0 Å². The summed E-state index contributed by atoms with van der Waals surface area (Å²) in [7, 11) is 0. The zero-order valence-electron chi connectivity index (χ0n) is 12.8. The fraction of sp³-hybridized carbons (Fsp3) is 0.769. The zero-order valence-corrected chi connectivity index (χ0v) is 14.5. The number of nitrogens with zero attached hydrogens (tertiary/aromatic N) is 2. The van der Waals surface area contributed by atoms with Gasteiger partial charge in [-0.25, -0.2) is 0 Å². The molecule has 0 aliphatic heterocycles. The quantitative estimate of drug-likeness (QED) is 0.479. The second kappa shape index (κ2) is 10.8. The molecule has 1 aromatic rings. The first-order chi connectivity index (χ1) is 10.2. The predicted octanol–water partition coefficient (Wildman–Crippen LogP) is 2.38. The number of amides is 1. The zero-order chi connectivity index (χ0) is 15.5. The molecule has 0 aliphatic carbocycles. The second-order valence-corrected chi connectivity index (χ2v) is 6.97. The minimum Gasteiger partial charge on any atom is -0.382 e. The Balaban J connectivity index is 2.26. The van der Waals surface area contributed by atoms with Gasteiger partial charge in [-0.2, -0.15) is 0 Å². The summed E-state index contributed by atoms with van der Waals surface area (Å²) in [5, 5.41) is 14.9. The number of hydrogen-bond donors (Lipinski definition) is 2. The number of ether oxygens (including phenoxy) is 1. The predicted molar refractivity (Wildman–Crippen MR) is 88.1 cm³/mol. The van der Waals surface area contributed by atoms with Gasteiger partial charge in [0.15, 0.2) is 4.34 Å². The van der Waals surface area contributed by atoms with Gasteiger partial charge in [0.2, 0.25) is 11.0 Å². The topological polar surface area (TPSA) is 76.1 Å². The summed E-state index contributed by atoms with van der Waals surface area (Å²) in [4.78, 5) is 11.9. The highest BCUT2D eigenvalue weighted by molar-refractivity contribution is 8.02. The maximum absolute atomic E-state index is 11.9. The maximum Gasteiger partial charge on any atom is 0.233 e. The number of nitrogens with one attached hydrogen (secondary N) is 2. The van der Waals surface area contributed by atoms with E-state index < -0.39 is 0 Å². The van der Waals surface area contributed by atoms with Crippen LogP contribution >= 0.6 is 23.1 Å². The van der Waals surface area contributed by atoms with E-state index in [9.17, 15) is 4.79 Å². The Hall–Kier alpha value is -0.860. The van der Waals surface area contributed by atoms with Crippen LogP contribution in [0, 0.1) is 0 Å². The molecule has 1 amide bonds. The van der Waals surface area contributed by atoms with Gasteiger partial charge in [0, 0.05) is 26.3 Å². The van der Waals surface area contributed by atoms with Gasteiger partial charge in [-0.3, -0.25) is 4.79 Å². The van der Waals surface area contributed by atoms with E-state index in [0.29, 0.717) is 19.8 Å². The Bertz CT molecular complexity index is 415. The SMILES string of the molecule is CCCNc1nnc(SC(C)C(=O)NCCCOCC)s1. The molecule has 0 aliphatic rings. The van der Waals surface area contributed by atoms with E-state index in [4.69, 9.17) is 4.74 Å². The van der Waals surface area contributed by atoms with Crippen LogP contribution < -0.4 is 10.6 Å². The fourth-order valence-corrected chi connectivity index (χ4v) is 3.39. The van der Waals surface area contributed by atoms with Crippen molar-refractivity contribution in [3.05, 3.63) is 0 Å². The standard InChI is InChI=1S/C13H24N4O2S2/c1-4-7-15-12-16-17-13(21-12)20-10(3)11(18)14-8-6-9-19-5-2/h10H,4-9H2,1-3H3,(H,14,18)(H,15,16). The first-order valence-corrected chi connectivity index (χ1v) is 8.96. The minimum absolute atomic E-state index is 0.0229. The maximum atomic E-state index is 11.9. The number of thioether (sulfide) groups is 1. The molecule has 1 rings (SSSR count). The molecule has 1 heterocycles. The van der Waals surface area contributed by atoms with Crippen molar-refractivity contribution >= 4 is 34.1 Å². The van der Waals surface area contributed by atoms with Crippen LogP contribution in [0.1, 0.15) is 33.6 Å². The minimum atomic E-state index is -0.177. The molecule has 1 unspecified atom stereocenters. The first kappa shape index (κ1) is 18.2. The van der Waals surface area contributed by atoms with E-state index in [1.165, 1.54) is 23.1 Å². The molecule has 0 fully saturated rings. The molecule has 21 heavy (non-hydrogen) atoms. The van der Waals surface area contributed by atoms with Crippen LogP contribution in [-0.2, 0) is 9.53 Å². The van der Waals surface area contributed by atoms with E-state index >= 15 is 0 Å². The number of carbonyl (C=O) groups is 1. The normalized spacial score (nSPS) is 12.1. The summed E-state index contributed by atoms with van der Waals surface area (Å²) < 4.78 is 6.04. The average molecular weight is 332 g/mol. The van der Waals surface area contributed by atoms with Crippen molar-refractivity contribution in [2.75, 3.05) is 31.6 Å². The lowest BCUT2D eigenvalue weighted by Crippen LogP contribution is -2.32. The number of hydrogen-bond acceptors (Lipinski definition) is 7. The summed E-state index contributed by atoms with van der Waals surface area (Å²) in [6.45, 7) is 8.86. The van der Waals surface area contributed by atoms with Crippen molar-refractivity contribution in [3.8, 4) is 0 Å². The number of carbonyl (C=O) groups excluding carboxylic acids is 1. The van der Waals surface area contributed by atoms with Crippen molar-refractivity contribution in [1.82, 2.24) is 15.5 Å². The number of rotatable bonds is 11. The van der Waals surface area contributed by atoms with Crippen LogP contribution in [0.5, 0.6) is 0 Å². The molecule has 1 aromatic heterocycles. The third-order valence-electron chi connectivity index (χ3n) is 2.55. The number of aromatic nitrogens is 2. The lowest BCUT2D eigenvalue weighted by Gasteiger charge is -2.10. The monoisotopic (exact) mass is 332 g/mol. The van der Waals surface area contributed by atoms with E-state index in [0.717, 1.165) is 28.9 Å². The smallest absolute Gasteiger partial charge is 0.233 e. The third-order valence-corrected chi connectivity index (χ3v) is 4.61. The molecule has 2 N–H and O–H groups in total. The van der Waals surface area contributed by atoms with Crippen LogP contribution in [-0.4, -0.2) is 47.7 Å². The summed E-state index contributed by atoms with van der Waals surface area (Å²) >= 11 is 2.92. The molecule has 0 radical (unpaired) electrons. The van der Waals surface area contributed by atoms with Crippen LogP contribution in [0.15, 0.2) is 4.34 Å².